The van der Waals surface area contributed by atoms with Gasteiger partial charge in [-0.2, -0.15) is 0 Å². The normalized spacial score (nSPS) is 17.8. The summed E-state index contributed by atoms with van der Waals surface area (Å²) in [5.41, 5.74) is 6.71. The van der Waals surface area contributed by atoms with Gasteiger partial charge in [0, 0.05) is 26.2 Å². The number of aliphatic imine (C=N–C) groups is 1. The summed E-state index contributed by atoms with van der Waals surface area (Å²) < 4.78 is 14.1. The minimum Gasteiger partial charge on any atom is -0.386 e. The SMILES string of the molecule is CN1CCN(c2c(F)cccc2N=C(N)CCl)CC1. The minimum atomic E-state index is -0.270. The fourth-order valence-electron chi connectivity index (χ4n) is 2.12. The van der Waals surface area contributed by atoms with E-state index in [9.17, 15) is 4.39 Å². The van der Waals surface area contributed by atoms with Gasteiger partial charge < -0.3 is 15.5 Å². The van der Waals surface area contributed by atoms with Crippen molar-refractivity contribution in [3.05, 3.63) is 24.0 Å². The van der Waals surface area contributed by atoms with Gasteiger partial charge in [0.1, 0.15) is 11.7 Å². The predicted octanol–water partition coefficient (Wildman–Crippen LogP) is 1.80. The summed E-state index contributed by atoms with van der Waals surface area (Å²) >= 11 is 5.63. The molecule has 1 aliphatic heterocycles. The van der Waals surface area contributed by atoms with E-state index in [0.717, 1.165) is 26.2 Å². The molecule has 0 atom stereocenters. The van der Waals surface area contributed by atoms with Gasteiger partial charge in [-0.1, -0.05) is 6.07 Å². The van der Waals surface area contributed by atoms with Crippen LogP contribution in [0.2, 0.25) is 0 Å². The summed E-state index contributed by atoms with van der Waals surface area (Å²) in [5, 5.41) is 0. The Morgan fingerprint density at radius 1 is 1.37 bits per heavy atom. The average Bonchev–Trinajstić information content (AvgIpc) is 2.40. The van der Waals surface area contributed by atoms with Gasteiger partial charge in [-0.05, 0) is 19.2 Å². The van der Waals surface area contributed by atoms with E-state index in [1.807, 2.05) is 4.90 Å². The van der Waals surface area contributed by atoms with Crippen LogP contribution in [0, 0.1) is 5.82 Å². The van der Waals surface area contributed by atoms with Crippen LogP contribution in [-0.4, -0.2) is 49.8 Å². The van der Waals surface area contributed by atoms with Gasteiger partial charge in [0.25, 0.3) is 0 Å². The molecule has 2 N–H and O–H groups in total. The van der Waals surface area contributed by atoms with Crippen LogP contribution in [0.4, 0.5) is 15.8 Å². The highest BCUT2D eigenvalue weighted by atomic mass is 35.5. The highest BCUT2D eigenvalue weighted by molar-refractivity contribution is 6.28. The summed E-state index contributed by atoms with van der Waals surface area (Å²) in [6, 6.07) is 4.84. The quantitative estimate of drug-likeness (QED) is 0.523. The van der Waals surface area contributed by atoms with Gasteiger partial charge in [-0.15, -0.1) is 11.6 Å². The van der Waals surface area contributed by atoms with Crippen molar-refractivity contribution < 1.29 is 4.39 Å². The second kappa shape index (κ2) is 6.21. The van der Waals surface area contributed by atoms with Crippen LogP contribution in [-0.2, 0) is 0 Å². The number of anilines is 1. The van der Waals surface area contributed by atoms with E-state index in [0.29, 0.717) is 17.2 Å². The first-order valence-electron chi connectivity index (χ1n) is 6.23. The van der Waals surface area contributed by atoms with Crippen LogP contribution >= 0.6 is 11.6 Å². The molecule has 0 amide bonds. The molecular formula is C13H18ClFN4. The summed E-state index contributed by atoms with van der Waals surface area (Å²) in [4.78, 5) is 8.43. The molecule has 6 heteroatoms. The summed E-state index contributed by atoms with van der Waals surface area (Å²) in [6.07, 6.45) is 0. The van der Waals surface area contributed by atoms with E-state index in [1.54, 1.807) is 12.1 Å². The third-order valence-corrected chi connectivity index (χ3v) is 3.46. The van der Waals surface area contributed by atoms with Crippen molar-refractivity contribution in [1.29, 1.82) is 0 Å². The molecule has 19 heavy (non-hydrogen) atoms. The molecule has 0 unspecified atom stereocenters. The van der Waals surface area contributed by atoms with E-state index in [4.69, 9.17) is 17.3 Å². The zero-order chi connectivity index (χ0) is 13.8. The van der Waals surface area contributed by atoms with Crippen LogP contribution < -0.4 is 10.6 Å². The smallest absolute Gasteiger partial charge is 0.148 e. The van der Waals surface area contributed by atoms with Crippen molar-refractivity contribution in [2.24, 2.45) is 10.7 Å². The number of nitrogens with two attached hydrogens (primary N) is 1. The van der Waals surface area contributed by atoms with Crippen molar-refractivity contribution >= 4 is 28.8 Å². The fourth-order valence-corrected chi connectivity index (χ4v) is 2.18. The molecule has 0 aromatic heterocycles. The molecule has 0 bridgehead atoms. The van der Waals surface area contributed by atoms with E-state index in [1.165, 1.54) is 6.07 Å². The first kappa shape index (κ1) is 14.1. The van der Waals surface area contributed by atoms with Crippen LogP contribution in [0.25, 0.3) is 0 Å². The second-order valence-electron chi connectivity index (χ2n) is 4.63. The molecule has 1 aliphatic rings. The average molecular weight is 285 g/mol. The third-order valence-electron chi connectivity index (χ3n) is 3.19. The first-order chi connectivity index (χ1) is 9.11. The Labute approximate surface area is 117 Å². The number of halogens is 2. The van der Waals surface area contributed by atoms with Crippen molar-refractivity contribution in [2.75, 3.05) is 44.0 Å². The zero-order valence-electron chi connectivity index (χ0n) is 10.9. The highest BCUT2D eigenvalue weighted by Crippen LogP contribution is 2.32. The van der Waals surface area contributed by atoms with E-state index >= 15 is 0 Å². The van der Waals surface area contributed by atoms with Gasteiger partial charge in [0.2, 0.25) is 0 Å². The van der Waals surface area contributed by atoms with Crippen LogP contribution in [0.3, 0.4) is 0 Å². The maximum absolute atomic E-state index is 14.1. The highest BCUT2D eigenvalue weighted by Gasteiger charge is 2.20. The van der Waals surface area contributed by atoms with Crippen molar-refractivity contribution in [1.82, 2.24) is 4.90 Å². The Morgan fingerprint density at radius 3 is 2.68 bits per heavy atom. The van der Waals surface area contributed by atoms with Gasteiger partial charge >= 0.3 is 0 Å². The topological polar surface area (TPSA) is 44.9 Å². The standard InChI is InChI=1S/C13H18ClFN4/c1-18-5-7-19(8-6-18)13-10(15)3-2-4-11(13)17-12(16)9-14/h2-4H,5-9H2,1H3,(H2,16,17). The van der Waals surface area contributed by atoms with Crippen molar-refractivity contribution in [3.63, 3.8) is 0 Å². The number of hydrogen-bond acceptors (Lipinski definition) is 3. The molecule has 0 aliphatic carbocycles. The second-order valence-corrected chi connectivity index (χ2v) is 4.90. The lowest BCUT2D eigenvalue weighted by Crippen LogP contribution is -2.44. The number of para-hydroxylation sites is 1. The monoisotopic (exact) mass is 284 g/mol. The number of alkyl halides is 1. The van der Waals surface area contributed by atoms with Gasteiger partial charge in [0.15, 0.2) is 0 Å². The lowest BCUT2D eigenvalue weighted by Gasteiger charge is -2.34. The molecule has 4 nitrogen and oxygen atoms in total. The van der Waals surface area contributed by atoms with Crippen molar-refractivity contribution in [2.45, 2.75) is 0 Å². The molecule has 104 valence electrons. The molecule has 1 aromatic carbocycles. The molecule has 0 saturated carbocycles. The van der Waals surface area contributed by atoms with Gasteiger partial charge in [-0.3, -0.25) is 0 Å². The lowest BCUT2D eigenvalue weighted by atomic mass is 10.2. The van der Waals surface area contributed by atoms with E-state index in [2.05, 4.69) is 16.9 Å². The Bertz CT molecular complexity index is 470. The zero-order valence-corrected chi connectivity index (χ0v) is 11.7. The molecule has 1 aromatic rings. The first-order valence-corrected chi connectivity index (χ1v) is 6.76. The van der Waals surface area contributed by atoms with Gasteiger partial charge in [-0.25, -0.2) is 9.38 Å². The number of likely N-dealkylation sites (N-methyl/N-ethyl adjacent to an activating group) is 1. The molecule has 1 fully saturated rings. The summed E-state index contributed by atoms with van der Waals surface area (Å²) in [7, 11) is 2.06. The summed E-state index contributed by atoms with van der Waals surface area (Å²) in [5.74, 6) is 0.161. The van der Waals surface area contributed by atoms with E-state index in [-0.39, 0.29) is 11.7 Å². The lowest BCUT2D eigenvalue weighted by molar-refractivity contribution is 0.312. The Morgan fingerprint density at radius 2 is 2.05 bits per heavy atom. The van der Waals surface area contributed by atoms with Crippen LogP contribution in [0.15, 0.2) is 23.2 Å². The van der Waals surface area contributed by atoms with Crippen LogP contribution in [0.1, 0.15) is 0 Å². The Hall–Kier alpha value is -1.33. The number of nitrogens with zero attached hydrogens (tertiary/aromatic N) is 3. The molecular weight excluding hydrogens is 267 g/mol. The number of benzene rings is 1. The fraction of sp³-hybridized carbons (Fsp3) is 0.462. The molecule has 2 rings (SSSR count). The molecule has 1 saturated heterocycles. The minimum absolute atomic E-state index is 0.138. The van der Waals surface area contributed by atoms with E-state index < -0.39 is 0 Å². The molecule has 0 spiro atoms. The molecule has 0 radical (unpaired) electrons. The number of amidine groups is 1. The summed E-state index contributed by atoms with van der Waals surface area (Å²) in [6.45, 7) is 3.37. The Kier molecular flexibility index (Phi) is 4.61. The maximum atomic E-state index is 14.1. The molecule has 1 heterocycles. The van der Waals surface area contributed by atoms with Gasteiger partial charge in [0.05, 0.1) is 17.3 Å². The largest absolute Gasteiger partial charge is 0.386 e. The number of piperazine rings is 1. The third kappa shape index (κ3) is 3.36. The maximum Gasteiger partial charge on any atom is 0.148 e. The Balaban J connectivity index is 2.33. The number of rotatable bonds is 3. The van der Waals surface area contributed by atoms with Crippen LogP contribution in [0.5, 0.6) is 0 Å². The van der Waals surface area contributed by atoms with Crippen molar-refractivity contribution in [3.8, 4) is 0 Å². The predicted molar refractivity (Wildman–Crippen MR) is 78.1 cm³/mol. The number of hydrogen-bond donors (Lipinski definition) is 1.